The highest BCUT2D eigenvalue weighted by Gasteiger charge is 2.63. The lowest BCUT2D eigenvalue weighted by atomic mass is 9.44. The topological polar surface area (TPSA) is 58.6 Å². The highest BCUT2D eigenvalue weighted by atomic mass is 16.3. The summed E-state index contributed by atoms with van der Waals surface area (Å²) in [6.45, 7) is 9.39. The molecule has 0 unspecified atom stereocenters. The Morgan fingerprint density at radius 2 is 1.75 bits per heavy atom. The normalized spacial score (nSPS) is 58.9. The van der Waals surface area contributed by atoms with Crippen molar-refractivity contribution in [2.45, 2.75) is 84.7 Å². The fourth-order valence-corrected chi connectivity index (χ4v) is 7.84. The minimum absolute atomic E-state index is 0.140. The quantitative estimate of drug-likeness (QED) is 0.512. The van der Waals surface area contributed by atoms with E-state index in [1.54, 1.807) is 0 Å². The summed E-state index contributed by atoms with van der Waals surface area (Å²) in [7, 11) is 0. The molecule has 4 saturated carbocycles. The first-order valence-corrected chi connectivity index (χ1v) is 10.2. The van der Waals surface area contributed by atoms with E-state index in [0.717, 1.165) is 36.5 Å². The zero-order valence-corrected chi connectivity index (χ0v) is 16.0. The fraction of sp³-hybridized carbons (Fsp3) is 0.952. The van der Waals surface area contributed by atoms with Crippen molar-refractivity contribution in [1.29, 1.82) is 0 Å². The molecule has 3 heteroatoms. The minimum Gasteiger partial charge on any atom is -0.390 e. The van der Waals surface area contributed by atoms with Gasteiger partial charge in [-0.05, 0) is 98.7 Å². The van der Waals surface area contributed by atoms with Crippen LogP contribution in [0, 0.1) is 40.4 Å². The van der Waals surface area contributed by atoms with E-state index in [1.165, 1.54) is 44.2 Å². The number of nitrogens with two attached hydrogens (primary N) is 1. The summed E-state index contributed by atoms with van der Waals surface area (Å²) < 4.78 is 0. The van der Waals surface area contributed by atoms with Crippen LogP contribution >= 0.6 is 0 Å². The molecule has 24 heavy (non-hydrogen) atoms. The molecule has 4 fully saturated rings. The molecule has 0 saturated heterocycles. The van der Waals surface area contributed by atoms with Crippen molar-refractivity contribution in [1.82, 2.24) is 0 Å². The zero-order valence-electron chi connectivity index (χ0n) is 16.0. The van der Waals surface area contributed by atoms with Gasteiger partial charge >= 0.3 is 0 Å². The SMILES string of the molecule is C[C@@H]1C[C@@]2(C)[C@H](CC[C@@H]3[C@H]2CC[C@@]2(C)[C@@H]3CC[C@]2(C)O)C/C1=N\N. The Kier molecular flexibility index (Phi) is 3.67. The van der Waals surface area contributed by atoms with Gasteiger partial charge in [-0.25, -0.2) is 0 Å². The van der Waals surface area contributed by atoms with E-state index in [-0.39, 0.29) is 5.41 Å². The van der Waals surface area contributed by atoms with Gasteiger partial charge in [-0.2, -0.15) is 5.10 Å². The monoisotopic (exact) mass is 332 g/mol. The second kappa shape index (κ2) is 5.22. The molecule has 3 N–H and O–H groups in total. The fourth-order valence-electron chi connectivity index (χ4n) is 7.84. The van der Waals surface area contributed by atoms with Crippen LogP contribution in [-0.4, -0.2) is 16.4 Å². The Balaban J connectivity index is 1.64. The standard InChI is InChI=1S/C21H36N2O/c1-13-12-19(2)14(11-18(13)23-22)5-6-15-16(19)7-9-20(3)17(15)8-10-21(20,4)24/h13-17,24H,5-12,22H2,1-4H3/b23-18+/t13-,14-,15-,16-,17-,19+,20+,21+/m1/s1. The second-order valence-electron chi connectivity index (χ2n) is 10.4. The second-order valence-corrected chi connectivity index (χ2v) is 10.4. The number of hydrogen-bond acceptors (Lipinski definition) is 3. The molecule has 0 radical (unpaired) electrons. The Morgan fingerprint density at radius 1 is 1.04 bits per heavy atom. The van der Waals surface area contributed by atoms with Crippen LogP contribution in [0.4, 0.5) is 0 Å². The summed E-state index contributed by atoms with van der Waals surface area (Å²) in [5.74, 6) is 9.36. The van der Waals surface area contributed by atoms with Gasteiger partial charge in [0.15, 0.2) is 0 Å². The van der Waals surface area contributed by atoms with Gasteiger partial charge in [-0.3, -0.25) is 0 Å². The van der Waals surface area contributed by atoms with E-state index in [1.807, 2.05) is 0 Å². The molecule has 136 valence electrons. The third-order valence-electron chi connectivity index (χ3n) is 9.56. The molecule has 0 aromatic rings. The average molecular weight is 333 g/mol. The average Bonchev–Trinajstić information content (AvgIpc) is 2.76. The van der Waals surface area contributed by atoms with Crippen molar-refractivity contribution in [3.63, 3.8) is 0 Å². The lowest BCUT2D eigenvalue weighted by Gasteiger charge is -2.61. The molecule has 4 aliphatic carbocycles. The van der Waals surface area contributed by atoms with Crippen molar-refractivity contribution >= 4 is 5.71 Å². The van der Waals surface area contributed by atoms with E-state index in [4.69, 9.17) is 5.84 Å². The lowest BCUT2D eigenvalue weighted by molar-refractivity contribution is -0.142. The minimum atomic E-state index is -0.459. The first-order chi connectivity index (χ1) is 11.2. The largest absolute Gasteiger partial charge is 0.390 e. The van der Waals surface area contributed by atoms with Gasteiger partial charge in [0.25, 0.3) is 0 Å². The van der Waals surface area contributed by atoms with Crippen LogP contribution in [0.25, 0.3) is 0 Å². The first-order valence-electron chi connectivity index (χ1n) is 10.2. The van der Waals surface area contributed by atoms with Crippen LogP contribution in [-0.2, 0) is 0 Å². The smallest absolute Gasteiger partial charge is 0.0675 e. The van der Waals surface area contributed by atoms with E-state index in [0.29, 0.717) is 11.3 Å². The summed E-state index contributed by atoms with van der Waals surface area (Å²) >= 11 is 0. The molecule has 4 rings (SSSR count). The molecule has 4 aliphatic rings. The van der Waals surface area contributed by atoms with Crippen molar-refractivity contribution in [2.75, 3.05) is 0 Å². The van der Waals surface area contributed by atoms with Crippen molar-refractivity contribution in [3.8, 4) is 0 Å². The number of hydrazone groups is 1. The highest BCUT2D eigenvalue weighted by Crippen LogP contribution is 2.68. The van der Waals surface area contributed by atoms with Gasteiger partial charge < -0.3 is 10.9 Å². The van der Waals surface area contributed by atoms with Gasteiger partial charge in [0.2, 0.25) is 0 Å². The number of aliphatic hydroxyl groups is 1. The van der Waals surface area contributed by atoms with Crippen molar-refractivity contribution in [2.24, 2.45) is 51.4 Å². The van der Waals surface area contributed by atoms with Gasteiger partial charge in [0, 0.05) is 5.71 Å². The van der Waals surface area contributed by atoms with E-state index < -0.39 is 5.60 Å². The zero-order chi connectivity index (χ0) is 17.3. The van der Waals surface area contributed by atoms with Crippen LogP contribution in [0.5, 0.6) is 0 Å². The summed E-state index contributed by atoms with van der Waals surface area (Å²) in [6, 6.07) is 0. The molecule has 0 bridgehead atoms. The summed E-state index contributed by atoms with van der Waals surface area (Å²) in [6.07, 6.45) is 9.81. The molecule has 8 atom stereocenters. The Hall–Kier alpha value is -0.570. The van der Waals surface area contributed by atoms with Gasteiger partial charge in [-0.15, -0.1) is 0 Å². The Morgan fingerprint density at radius 3 is 2.46 bits per heavy atom. The van der Waals surface area contributed by atoms with Crippen LogP contribution in [0.1, 0.15) is 79.1 Å². The molecular weight excluding hydrogens is 296 g/mol. The number of fused-ring (bicyclic) bond motifs is 5. The molecule has 0 spiro atoms. The van der Waals surface area contributed by atoms with Crippen LogP contribution in [0.2, 0.25) is 0 Å². The summed E-state index contributed by atoms with van der Waals surface area (Å²) in [5.41, 5.74) is 1.38. The van der Waals surface area contributed by atoms with Gasteiger partial charge in [0.05, 0.1) is 5.60 Å². The molecular formula is C21H36N2O. The van der Waals surface area contributed by atoms with Crippen LogP contribution in [0.15, 0.2) is 5.10 Å². The van der Waals surface area contributed by atoms with Crippen LogP contribution in [0.3, 0.4) is 0 Å². The molecule has 0 aliphatic heterocycles. The van der Waals surface area contributed by atoms with Gasteiger partial charge in [-0.1, -0.05) is 20.8 Å². The van der Waals surface area contributed by atoms with Crippen molar-refractivity contribution < 1.29 is 5.11 Å². The lowest BCUT2D eigenvalue weighted by Crippen LogP contribution is -2.56. The molecule has 0 heterocycles. The number of hydrogen-bond donors (Lipinski definition) is 2. The molecule has 0 aromatic heterocycles. The predicted octanol–water partition coefficient (Wildman–Crippen LogP) is 4.34. The van der Waals surface area contributed by atoms with Gasteiger partial charge in [0.1, 0.15) is 0 Å². The summed E-state index contributed by atoms with van der Waals surface area (Å²) in [5, 5.41) is 15.1. The maximum atomic E-state index is 11.0. The molecule has 3 nitrogen and oxygen atoms in total. The van der Waals surface area contributed by atoms with E-state index in [2.05, 4.69) is 32.8 Å². The van der Waals surface area contributed by atoms with E-state index >= 15 is 0 Å². The first kappa shape index (κ1) is 16.9. The Bertz CT molecular complexity index is 556. The third kappa shape index (κ3) is 2.03. The summed E-state index contributed by atoms with van der Waals surface area (Å²) in [4.78, 5) is 0. The maximum Gasteiger partial charge on any atom is 0.0675 e. The van der Waals surface area contributed by atoms with Crippen LogP contribution < -0.4 is 5.84 Å². The highest BCUT2D eigenvalue weighted by molar-refractivity contribution is 5.87. The van der Waals surface area contributed by atoms with Crippen molar-refractivity contribution in [3.05, 3.63) is 0 Å². The third-order valence-corrected chi connectivity index (χ3v) is 9.56. The molecule has 0 aromatic carbocycles. The number of rotatable bonds is 0. The number of nitrogens with zero attached hydrogens (tertiary/aromatic N) is 1. The predicted molar refractivity (Wildman–Crippen MR) is 98.5 cm³/mol. The Labute approximate surface area is 147 Å². The maximum absolute atomic E-state index is 11.0. The molecule has 0 amide bonds. The van der Waals surface area contributed by atoms with E-state index in [9.17, 15) is 5.11 Å².